The van der Waals surface area contributed by atoms with Gasteiger partial charge in [-0.3, -0.25) is 4.57 Å². The summed E-state index contributed by atoms with van der Waals surface area (Å²) in [4.78, 5) is 15.4. The van der Waals surface area contributed by atoms with Gasteiger partial charge in [-0.25, -0.2) is 4.98 Å². The fraction of sp³-hybridized carbons (Fsp3) is 0. The van der Waals surface area contributed by atoms with E-state index in [0.717, 1.165) is 49.7 Å². The Balaban J connectivity index is 1.01. The van der Waals surface area contributed by atoms with E-state index in [4.69, 9.17) is 15.0 Å². The maximum absolute atomic E-state index is 5.20. The van der Waals surface area contributed by atoms with Crippen molar-refractivity contribution in [2.45, 2.75) is 0 Å². The Labute approximate surface area is 356 Å². The molecule has 13 rings (SSSR count). The van der Waals surface area contributed by atoms with Gasteiger partial charge in [0.05, 0.1) is 22.1 Å². The van der Waals surface area contributed by atoms with Crippen molar-refractivity contribution < 1.29 is 0 Å². The molecule has 288 valence electrons. The van der Waals surface area contributed by atoms with Crippen LogP contribution in [-0.2, 0) is 0 Å². The molecule has 0 spiro atoms. The summed E-state index contributed by atoms with van der Waals surface area (Å²) in [7, 11) is 0. The van der Waals surface area contributed by atoms with Gasteiger partial charge in [0.2, 0.25) is 5.95 Å². The molecule has 0 fully saturated rings. The van der Waals surface area contributed by atoms with Crippen molar-refractivity contribution in [3.8, 4) is 45.5 Å². The molecular weight excluding hydrogens is 755 g/mol. The average Bonchev–Trinajstić information content (AvgIpc) is 3.85. The zero-order valence-corrected chi connectivity index (χ0v) is 33.4. The molecule has 0 aliphatic carbocycles. The smallest absolute Gasteiger partial charge is 0.238 e. The van der Waals surface area contributed by atoms with Crippen LogP contribution >= 0.6 is 0 Å². The minimum Gasteiger partial charge on any atom is -0.309 e. The second-order valence-corrected chi connectivity index (χ2v) is 16.0. The van der Waals surface area contributed by atoms with Crippen LogP contribution in [0.5, 0.6) is 0 Å². The number of hydrogen-bond acceptors (Lipinski definition) is 3. The van der Waals surface area contributed by atoms with Gasteiger partial charge in [-0.1, -0.05) is 170 Å². The van der Waals surface area contributed by atoms with Gasteiger partial charge in [-0.2, -0.15) is 9.97 Å². The van der Waals surface area contributed by atoms with Gasteiger partial charge < -0.3 is 4.57 Å². The molecule has 0 unspecified atom stereocenters. The van der Waals surface area contributed by atoms with Crippen LogP contribution in [0.3, 0.4) is 0 Å². The molecule has 0 atom stereocenters. The van der Waals surface area contributed by atoms with E-state index in [9.17, 15) is 0 Å². The van der Waals surface area contributed by atoms with Crippen LogP contribution in [0.2, 0.25) is 0 Å². The molecule has 0 N–H and O–H groups in total. The van der Waals surface area contributed by atoms with Crippen molar-refractivity contribution in [2.24, 2.45) is 0 Å². The Bertz CT molecular complexity index is 3810. The van der Waals surface area contributed by atoms with E-state index in [0.29, 0.717) is 17.6 Å². The predicted molar refractivity (Wildman–Crippen MR) is 257 cm³/mol. The zero-order chi connectivity index (χ0) is 40.7. The van der Waals surface area contributed by atoms with Crippen LogP contribution in [0, 0.1) is 0 Å². The van der Waals surface area contributed by atoms with Crippen LogP contribution < -0.4 is 0 Å². The topological polar surface area (TPSA) is 48.5 Å². The van der Waals surface area contributed by atoms with Crippen LogP contribution in [0.15, 0.2) is 212 Å². The van der Waals surface area contributed by atoms with Crippen molar-refractivity contribution in [1.82, 2.24) is 24.1 Å². The Morgan fingerprint density at radius 2 is 0.677 bits per heavy atom. The second kappa shape index (κ2) is 13.6. The number of rotatable bonds is 5. The Morgan fingerprint density at radius 1 is 0.242 bits per heavy atom. The van der Waals surface area contributed by atoms with Crippen molar-refractivity contribution >= 4 is 75.9 Å². The molecule has 3 aromatic heterocycles. The predicted octanol–water partition coefficient (Wildman–Crippen LogP) is 14.5. The third-order valence-corrected chi connectivity index (χ3v) is 12.6. The van der Waals surface area contributed by atoms with E-state index < -0.39 is 0 Å². The van der Waals surface area contributed by atoms with E-state index in [1.165, 1.54) is 54.2 Å². The Hall–Kier alpha value is -8.41. The first kappa shape index (κ1) is 34.5. The summed E-state index contributed by atoms with van der Waals surface area (Å²) in [5.74, 6) is 1.83. The fourth-order valence-corrected chi connectivity index (χ4v) is 9.71. The molecule has 0 bridgehead atoms. The van der Waals surface area contributed by atoms with Gasteiger partial charge in [0.1, 0.15) is 0 Å². The molecule has 10 aromatic carbocycles. The molecule has 0 aliphatic heterocycles. The standard InChI is InChI=1S/C57H35N5/c1-3-15-37(16-4-1)55-58-56(38-17-5-2-6-18-38)60-57(59-55)62-52-26-14-12-24-47(52)50-34-49-46-23-11-13-25-51(46)61(53(49)35-54(50)62)40-30-27-36(28-31-40)39-29-32-45-43-21-8-7-19-41(43)42-20-9-10-22-44(42)48(45)33-39/h1-35H. The molecule has 0 amide bonds. The first-order valence-electron chi connectivity index (χ1n) is 21.0. The third-order valence-electron chi connectivity index (χ3n) is 12.6. The second-order valence-electron chi connectivity index (χ2n) is 16.0. The lowest BCUT2D eigenvalue weighted by atomic mass is 9.92. The van der Waals surface area contributed by atoms with E-state index >= 15 is 0 Å². The van der Waals surface area contributed by atoms with E-state index in [1.54, 1.807) is 0 Å². The third kappa shape index (κ3) is 5.25. The Morgan fingerprint density at radius 3 is 1.24 bits per heavy atom. The highest BCUT2D eigenvalue weighted by Crippen LogP contribution is 2.41. The van der Waals surface area contributed by atoms with E-state index in [2.05, 4.69) is 185 Å². The van der Waals surface area contributed by atoms with Gasteiger partial charge in [0.25, 0.3) is 0 Å². The average molecular weight is 790 g/mol. The van der Waals surface area contributed by atoms with Gasteiger partial charge in [0.15, 0.2) is 11.6 Å². The first-order chi connectivity index (χ1) is 30.7. The van der Waals surface area contributed by atoms with Crippen LogP contribution in [-0.4, -0.2) is 24.1 Å². The molecule has 13 aromatic rings. The minimum atomic E-state index is 0.575. The van der Waals surface area contributed by atoms with Crippen LogP contribution in [0.4, 0.5) is 0 Å². The summed E-state index contributed by atoms with van der Waals surface area (Å²) >= 11 is 0. The number of hydrogen-bond donors (Lipinski definition) is 0. The van der Waals surface area contributed by atoms with Gasteiger partial charge in [-0.05, 0) is 85.9 Å². The first-order valence-corrected chi connectivity index (χ1v) is 21.0. The summed E-state index contributed by atoms with van der Waals surface area (Å²) in [6.07, 6.45) is 0. The molecule has 5 heteroatoms. The summed E-state index contributed by atoms with van der Waals surface area (Å²) in [5, 5.41) is 12.4. The van der Waals surface area contributed by atoms with E-state index in [-0.39, 0.29) is 0 Å². The lowest BCUT2D eigenvalue weighted by molar-refractivity contribution is 0.953. The summed E-state index contributed by atoms with van der Waals surface area (Å²) in [5.41, 5.74) is 9.67. The van der Waals surface area contributed by atoms with Gasteiger partial charge in [0, 0.05) is 38.4 Å². The van der Waals surface area contributed by atoms with Crippen LogP contribution in [0.25, 0.3) is 121 Å². The van der Waals surface area contributed by atoms with Crippen molar-refractivity contribution in [2.75, 3.05) is 0 Å². The molecule has 0 radical (unpaired) electrons. The zero-order valence-electron chi connectivity index (χ0n) is 33.4. The Kier molecular flexibility index (Phi) is 7.54. The number of benzene rings is 10. The summed E-state index contributed by atoms with van der Waals surface area (Å²) < 4.78 is 4.61. The van der Waals surface area contributed by atoms with Crippen molar-refractivity contribution in [3.05, 3.63) is 212 Å². The van der Waals surface area contributed by atoms with Crippen molar-refractivity contribution in [3.63, 3.8) is 0 Å². The molecular formula is C57H35N5. The minimum absolute atomic E-state index is 0.575. The maximum Gasteiger partial charge on any atom is 0.238 e. The molecule has 62 heavy (non-hydrogen) atoms. The molecule has 0 aliphatic rings. The molecule has 0 saturated heterocycles. The van der Waals surface area contributed by atoms with E-state index in [1.807, 2.05) is 36.4 Å². The normalized spacial score (nSPS) is 11.9. The number of para-hydroxylation sites is 2. The molecule has 5 nitrogen and oxygen atoms in total. The SMILES string of the molecule is c1ccc(-c2nc(-c3ccccc3)nc(-n3c4ccccc4c4cc5c6ccccc6n(-c6ccc(-c7ccc8c9ccccc9c9ccccc9c8c7)cc6)c5cc43)n2)cc1. The summed E-state index contributed by atoms with van der Waals surface area (Å²) in [6.45, 7) is 0. The number of fused-ring (bicyclic) bond motifs is 12. The molecule has 0 saturated carbocycles. The van der Waals surface area contributed by atoms with Gasteiger partial charge in [-0.15, -0.1) is 0 Å². The van der Waals surface area contributed by atoms with Gasteiger partial charge >= 0.3 is 0 Å². The fourth-order valence-electron chi connectivity index (χ4n) is 9.71. The largest absolute Gasteiger partial charge is 0.309 e. The monoisotopic (exact) mass is 789 g/mol. The lowest BCUT2D eigenvalue weighted by Crippen LogP contribution is -2.06. The van der Waals surface area contributed by atoms with Crippen LogP contribution in [0.1, 0.15) is 0 Å². The highest BCUT2D eigenvalue weighted by atomic mass is 15.2. The maximum atomic E-state index is 5.20. The quantitative estimate of drug-likeness (QED) is 0.163. The number of nitrogens with zero attached hydrogens (tertiary/aromatic N) is 5. The molecule has 3 heterocycles. The summed E-state index contributed by atoms with van der Waals surface area (Å²) in [6, 6.07) is 75.8. The van der Waals surface area contributed by atoms with Crippen molar-refractivity contribution in [1.29, 1.82) is 0 Å². The lowest BCUT2D eigenvalue weighted by Gasteiger charge is -2.13. The number of aromatic nitrogens is 5. The highest BCUT2D eigenvalue weighted by molar-refractivity contribution is 6.26. The highest BCUT2D eigenvalue weighted by Gasteiger charge is 2.21.